The van der Waals surface area contributed by atoms with E-state index in [1.54, 1.807) is 34.4 Å². The Morgan fingerprint density at radius 1 is 1.14 bits per heavy atom. The van der Waals surface area contributed by atoms with Crippen LogP contribution in [0.1, 0.15) is 23.9 Å². The highest BCUT2D eigenvalue weighted by atomic mass is 35.5. The van der Waals surface area contributed by atoms with Gasteiger partial charge in [-0.1, -0.05) is 48.0 Å². The summed E-state index contributed by atoms with van der Waals surface area (Å²) < 4.78 is 3.31. The second kappa shape index (κ2) is 8.98. The molecule has 0 fully saturated rings. The Labute approximate surface area is 205 Å². The highest BCUT2D eigenvalue weighted by Gasteiger charge is 2.19. The van der Waals surface area contributed by atoms with Crippen molar-refractivity contribution < 1.29 is 5.11 Å². The van der Waals surface area contributed by atoms with Crippen LogP contribution in [0.3, 0.4) is 0 Å². The van der Waals surface area contributed by atoms with Crippen LogP contribution in [-0.2, 0) is 6.54 Å². The molecular formula is C26H23ClN6O2. The van der Waals surface area contributed by atoms with E-state index in [4.69, 9.17) is 17.3 Å². The molecule has 1 atom stereocenters. The summed E-state index contributed by atoms with van der Waals surface area (Å²) in [4.78, 5) is 22.3. The lowest BCUT2D eigenvalue weighted by Gasteiger charge is -2.17. The fourth-order valence-corrected chi connectivity index (χ4v) is 4.49. The van der Waals surface area contributed by atoms with E-state index in [9.17, 15) is 9.90 Å². The molecule has 0 aliphatic carbocycles. The summed E-state index contributed by atoms with van der Waals surface area (Å²) >= 11 is 6.54. The number of aliphatic hydroxyl groups excluding tert-OH is 1. The summed E-state index contributed by atoms with van der Waals surface area (Å²) in [5.41, 5.74) is 9.18. The van der Waals surface area contributed by atoms with Crippen LogP contribution in [0.5, 0.6) is 0 Å². The third kappa shape index (κ3) is 4.07. The van der Waals surface area contributed by atoms with Crippen molar-refractivity contribution >= 4 is 45.3 Å². The topological polar surface area (TPSA) is 112 Å². The van der Waals surface area contributed by atoms with E-state index >= 15 is 0 Å². The Kier molecular flexibility index (Phi) is 5.84. The van der Waals surface area contributed by atoms with Gasteiger partial charge in [-0.05, 0) is 49.1 Å². The fourth-order valence-electron chi connectivity index (χ4n) is 4.27. The summed E-state index contributed by atoms with van der Waals surface area (Å²) in [6, 6.07) is 15.0. The molecule has 0 bridgehead atoms. The summed E-state index contributed by atoms with van der Waals surface area (Å²) in [7, 11) is 0. The van der Waals surface area contributed by atoms with Crippen molar-refractivity contribution in [1.82, 2.24) is 24.3 Å². The number of nitrogens with zero attached hydrogens (tertiary/aromatic N) is 5. The van der Waals surface area contributed by atoms with Crippen LogP contribution in [0.15, 0.2) is 65.7 Å². The van der Waals surface area contributed by atoms with Crippen LogP contribution in [-0.4, -0.2) is 35.5 Å². The van der Waals surface area contributed by atoms with Gasteiger partial charge >= 0.3 is 0 Å². The lowest BCUT2D eigenvalue weighted by Crippen LogP contribution is -2.24. The van der Waals surface area contributed by atoms with Crippen LogP contribution in [0.2, 0.25) is 5.02 Å². The first-order chi connectivity index (χ1) is 16.8. The van der Waals surface area contributed by atoms with Gasteiger partial charge in [-0.15, -0.1) is 0 Å². The average Bonchev–Trinajstić information content (AvgIpc) is 3.17. The van der Waals surface area contributed by atoms with Crippen LogP contribution in [0.25, 0.3) is 33.6 Å². The number of aliphatic hydroxyl groups is 1. The Morgan fingerprint density at radius 2 is 1.94 bits per heavy atom. The summed E-state index contributed by atoms with van der Waals surface area (Å²) in [5.74, 6) is 0.282. The molecule has 176 valence electrons. The highest BCUT2D eigenvalue weighted by Crippen LogP contribution is 2.27. The first-order valence-electron chi connectivity index (χ1n) is 11.1. The zero-order chi connectivity index (χ0) is 24.7. The van der Waals surface area contributed by atoms with Crippen LogP contribution >= 0.6 is 11.6 Å². The number of fused-ring (bicyclic) bond motifs is 2. The van der Waals surface area contributed by atoms with Gasteiger partial charge in [0.1, 0.15) is 12.1 Å². The van der Waals surface area contributed by atoms with Gasteiger partial charge in [0, 0.05) is 5.69 Å². The number of halogens is 1. The predicted octanol–water partition coefficient (Wildman–Crippen LogP) is 4.12. The van der Waals surface area contributed by atoms with Gasteiger partial charge in [-0.2, -0.15) is 5.10 Å². The van der Waals surface area contributed by atoms with Gasteiger partial charge < -0.3 is 10.8 Å². The van der Waals surface area contributed by atoms with Crippen LogP contribution < -0.4 is 11.3 Å². The third-order valence-electron chi connectivity index (χ3n) is 5.85. The van der Waals surface area contributed by atoms with E-state index in [1.807, 2.05) is 49.4 Å². The third-order valence-corrected chi connectivity index (χ3v) is 6.17. The lowest BCUT2D eigenvalue weighted by molar-refractivity contribution is 0.245. The lowest BCUT2D eigenvalue weighted by atomic mass is 10.1. The molecule has 2 aromatic carbocycles. The number of aromatic nitrogens is 5. The highest BCUT2D eigenvalue weighted by molar-refractivity contribution is 6.32. The van der Waals surface area contributed by atoms with Crippen molar-refractivity contribution in [3.63, 3.8) is 0 Å². The maximum Gasteiger partial charge on any atom is 0.263 e. The van der Waals surface area contributed by atoms with Gasteiger partial charge in [-0.3, -0.25) is 9.36 Å². The molecule has 9 heteroatoms. The standard InChI is InChI=1S/C26H23ClN6O2/c1-15-6-5-7-17-12-18(33(26(35)22(15)17)21-9-4-3-8-19(21)27)13-32-25-23(24(28)29-14-30-25)20(31-32)11-10-16(2)34/h3-12,14,16,34H,13H2,1-2H3,(H2,28,29,30)/b11-10-/t16-/m1/s1. The Hall–Kier alpha value is -4.01. The monoisotopic (exact) mass is 486 g/mol. The van der Waals surface area contributed by atoms with Gasteiger partial charge in [0.25, 0.3) is 5.56 Å². The molecule has 0 aliphatic rings. The predicted molar refractivity (Wildman–Crippen MR) is 139 cm³/mol. The summed E-state index contributed by atoms with van der Waals surface area (Å²) in [6.45, 7) is 3.79. The molecule has 3 N–H and O–H groups in total. The first kappa shape index (κ1) is 22.8. The number of nitrogen functional groups attached to an aromatic ring is 1. The number of rotatable bonds is 5. The second-order valence-corrected chi connectivity index (χ2v) is 8.77. The van der Waals surface area contributed by atoms with Crippen molar-refractivity contribution in [2.45, 2.75) is 26.5 Å². The number of benzene rings is 2. The van der Waals surface area contributed by atoms with Crippen molar-refractivity contribution in [1.29, 1.82) is 0 Å². The van der Waals surface area contributed by atoms with Gasteiger partial charge in [0.05, 0.1) is 39.8 Å². The van der Waals surface area contributed by atoms with Crippen LogP contribution in [0, 0.1) is 6.92 Å². The molecule has 5 rings (SSSR count). The molecule has 3 aromatic heterocycles. The maximum atomic E-state index is 13.8. The second-order valence-electron chi connectivity index (χ2n) is 8.37. The number of anilines is 1. The van der Waals surface area contributed by atoms with Gasteiger partial charge in [-0.25, -0.2) is 14.6 Å². The quantitative estimate of drug-likeness (QED) is 0.386. The number of aryl methyl sites for hydroxylation is 1. The number of nitrogens with two attached hydrogens (primary N) is 1. The minimum absolute atomic E-state index is 0.163. The van der Waals surface area contributed by atoms with E-state index in [2.05, 4.69) is 15.1 Å². The molecule has 3 heterocycles. The molecule has 0 aliphatic heterocycles. The molecule has 8 nitrogen and oxygen atoms in total. The fraction of sp³-hybridized carbons (Fsp3) is 0.154. The SMILES string of the molecule is Cc1cccc2cc(Cn3nc(/C=C\[C@@H](C)O)c4c(N)ncnc43)n(-c3ccccc3Cl)c(=O)c12. The molecule has 0 amide bonds. The number of hydrogen-bond donors (Lipinski definition) is 2. The number of hydrogen-bond acceptors (Lipinski definition) is 6. The summed E-state index contributed by atoms with van der Waals surface area (Å²) in [5, 5.41) is 16.9. The molecule has 0 spiro atoms. The van der Waals surface area contributed by atoms with E-state index in [-0.39, 0.29) is 17.9 Å². The smallest absolute Gasteiger partial charge is 0.263 e. The van der Waals surface area contributed by atoms with Crippen LogP contribution in [0.4, 0.5) is 5.82 Å². The van der Waals surface area contributed by atoms with Crippen molar-refractivity contribution in [3.8, 4) is 5.69 Å². The van der Waals surface area contributed by atoms with Crippen molar-refractivity contribution in [3.05, 3.63) is 93.3 Å². The normalized spacial score (nSPS) is 12.7. The zero-order valence-electron chi connectivity index (χ0n) is 19.2. The first-order valence-corrected chi connectivity index (χ1v) is 11.5. The van der Waals surface area contributed by atoms with E-state index in [0.29, 0.717) is 38.5 Å². The minimum Gasteiger partial charge on any atom is -0.389 e. The average molecular weight is 487 g/mol. The molecular weight excluding hydrogens is 464 g/mol. The molecule has 0 radical (unpaired) electrons. The van der Waals surface area contributed by atoms with E-state index in [1.165, 1.54) is 6.33 Å². The molecule has 0 saturated heterocycles. The van der Waals surface area contributed by atoms with Crippen molar-refractivity contribution in [2.75, 3.05) is 5.73 Å². The molecule has 5 aromatic rings. The van der Waals surface area contributed by atoms with Gasteiger partial charge in [0.15, 0.2) is 5.65 Å². The summed E-state index contributed by atoms with van der Waals surface area (Å²) in [6.07, 6.45) is 4.02. The van der Waals surface area contributed by atoms with E-state index < -0.39 is 6.10 Å². The van der Waals surface area contributed by atoms with Crippen molar-refractivity contribution in [2.24, 2.45) is 0 Å². The zero-order valence-corrected chi connectivity index (χ0v) is 19.9. The van der Waals surface area contributed by atoms with Gasteiger partial charge in [0.2, 0.25) is 0 Å². The minimum atomic E-state index is -0.657. The largest absolute Gasteiger partial charge is 0.389 e. The number of pyridine rings is 1. The molecule has 0 saturated carbocycles. The van der Waals surface area contributed by atoms with E-state index in [0.717, 1.165) is 10.9 Å². The Morgan fingerprint density at radius 3 is 2.71 bits per heavy atom. The number of para-hydroxylation sites is 1. The Bertz CT molecular complexity index is 1670. The Balaban J connectivity index is 1.78. The maximum absolute atomic E-state index is 13.8. The molecule has 0 unspecified atom stereocenters. The molecule has 35 heavy (non-hydrogen) atoms.